The Morgan fingerprint density at radius 1 is 1.80 bits per heavy atom. The number of carbonyl (C=O) groups is 1. The van der Waals surface area contributed by atoms with Crippen molar-refractivity contribution < 1.29 is 9.90 Å². The van der Waals surface area contributed by atoms with Gasteiger partial charge in [-0.1, -0.05) is 12.7 Å². The van der Waals surface area contributed by atoms with Gasteiger partial charge in [0, 0.05) is 0 Å². The van der Waals surface area contributed by atoms with Crippen molar-refractivity contribution in [2.75, 3.05) is 0 Å². The molecule has 0 rings (SSSR count). The Balaban J connectivity index is 4.86. The number of nitrogens with zero attached hydrogens (tertiary/aromatic N) is 1. The van der Waals surface area contributed by atoms with E-state index >= 15 is 0 Å². The Hall–Kier alpha value is -1.56. The topological polar surface area (TPSA) is 61.1 Å². The van der Waals surface area contributed by atoms with Gasteiger partial charge in [0.15, 0.2) is 0 Å². The molecule has 0 aliphatic heterocycles. The fraction of sp³-hybridized carbons (Fsp3) is 0.143. The van der Waals surface area contributed by atoms with Crippen LogP contribution >= 0.6 is 0 Å². The van der Waals surface area contributed by atoms with Gasteiger partial charge in [-0.25, -0.2) is 4.79 Å². The van der Waals surface area contributed by atoms with Crippen LogP contribution in [0.3, 0.4) is 0 Å². The SMILES string of the molecule is C=CC(C)=C(C#N)C(=O)O. The molecule has 0 radical (unpaired) electrons. The maximum atomic E-state index is 10.2. The zero-order valence-corrected chi connectivity index (χ0v) is 5.59. The fourth-order valence-corrected chi connectivity index (χ4v) is 0.407. The van der Waals surface area contributed by atoms with E-state index in [9.17, 15) is 4.79 Å². The standard InChI is InChI=1S/C7H7NO2/c1-3-5(2)6(4-8)7(9)10/h3H,1H2,2H3,(H,9,10). The first-order valence-corrected chi connectivity index (χ1v) is 2.60. The van der Waals surface area contributed by atoms with Gasteiger partial charge >= 0.3 is 5.97 Å². The van der Waals surface area contributed by atoms with E-state index in [2.05, 4.69) is 6.58 Å². The first kappa shape index (κ1) is 8.44. The van der Waals surface area contributed by atoms with Crippen LogP contribution in [0.1, 0.15) is 6.92 Å². The van der Waals surface area contributed by atoms with E-state index in [-0.39, 0.29) is 5.57 Å². The van der Waals surface area contributed by atoms with Crippen molar-refractivity contribution in [1.29, 1.82) is 5.26 Å². The van der Waals surface area contributed by atoms with Gasteiger partial charge in [0.1, 0.15) is 11.6 Å². The molecule has 0 heterocycles. The van der Waals surface area contributed by atoms with E-state index in [4.69, 9.17) is 10.4 Å². The van der Waals surface area contributed by atoms with Crippen LogP contribution in [0.25, 0.3) is 0 Å². The summed E-state index contributed by atoms with van der Waals surface area (Å²) in [6.45, 7) is 4.87. The van der Waals surface area contributed by atoms with Gasteiger partial charge in [0.2, 0.25) is 0 Å². The summed E-state index contributed by atoms with van der Waals surface area (Å²) in [4.78, 5) is 10.2. The average molecular weight is 137 g/mol. The molecule has 0 fully saturated rings. The lowest BCUT2D eigenvalue weighted by molar-refractivity contribution is -0.132. The lowest BCUT2D eigenvalue weighted by Crippen LogP contribution is -1.99. The molecule has 0 unspecified atom stereocenters. The summed E-state index contributed by atoms with van der Waals surface area (Å²) in [7, 11) is 0. The molecule has 0 aromatic rings. The minimum atomic E-state index is -1.21. The molecule has 0 aliphatic carbocycles. The first-order valence-electron chi connectivity index (χ1n) is 2.60. The Labute approximate surface area is 58.9 Å². The second kappa shape index (κ2) is 3.46. The normalized spacial score (nSPS) is 11.2. The molecule has 0 amide bonds. The minimum absolute atomic E-state index is 0.255. The number of carboxylic acids is 1. The van der Waals surface area contributed by atoms with Gasteiger partial charge < -0.3 is 5.11 Å². The number of carboxylic acid groups (broad SMARTS) is 1. The molecule has 0 aliphatic rings. The molecule has 3 nitrogen and oxygen atoms in total. The summed E-state index contributed by atoms with van der Waals surface area (Å²) in [6.07, 6.45) is 1.34. The highest BCUT2D eigenvalue weighted by Crippen LogP contribution is 2.02. The smallest absolute Gasteiger partial charge is 0.346 e. The largest absolute Gasteiger partial charge is 0.477 e. The molecule has 0 saturated heterocycles. The molecule has 1 N–H and O–H groups in total. The number of nitriles is 1. The molecule has 0 atom stereocenters. The minimum Gasteiger partial charge on any atom is -0.477 e. The van der Waals surface area contributed by atoms with Crippen LogP contribution in [0.4, 0.5) is 0 Å². The van der Waals surface area contributed by atoms with Crippen molar-refractivity contribution >= 4 is 5.97 Å². The predicted molar refractivity (Wildman–Crippen MR) is 36.1 cm³/mol. The average Bonchev–Trinajstić information content (AvgIpc) is 1.88. The molecular weight excluding hydrogens is 130 g/mol. The van der Waals surface area contributed by atoms with Crippen molar-refractivity contribution in [2.45, 2.75) is 6.92 Å². The van der Waals surface area contributed by atoms with Gasteiger partial charge in [0.05, 0.1) is 0 Å². The van der Waals surface area contributed by atoms with Crippen molar-refractivity contribution in [3.8, 4) is 6.07 Å². The van der Waals surface area contributed by atoms with Crippen LogP contribution in [-0.4, -0.2) is 11.1 Å². The molecule has 0 aromatic carbocycles. The zero-order valence-electron chi connectivity index (χ0n) is 5.59. The lowest BCUT2D eigenvalue weighted by atomic mass is 10.1. The predicted octanol–water partition coefficient (Wildman–Crippen LogP) is 1.10. The van der Waals surface area contributed by atoms with E-state index in [1.807, 2.05) is 0 Å². The first-order chi connectivity index (χ1) is 4.63. The van der Waals surface area contributed by atoms with Crippen LogP contribution in [0.15, 0.2) is 23.8 Å². The lowest BCUT2D eigenvalue weighted by Gasteiger charge is -1.91. The molecule has 0 spiro atoms. The van der Waals surface area contributed by atoms with E-state index in [0.717, 1.165) is 0 Å². The molecular formula is C7H7NO2. The Kier molecular flexibility index (Phi) is 2.92. The van der Waals surface area contributed by atoms with Crippen LogP contribution in [0.2, 0.25) is 0 Å². The number of hydrogen-bond donors (Lipinski definition) is 1. The van der Waals surface area contributed by atoms with Gasteiger partial charge in [-0.2, -0.15) is 5.26 Å². The summed E-state index contributed by atoms with van der Waals surface area (Å²) in [5.74, 6) is -1.21. The van der Waals surface area contributed by atoms with Crippen molar-refractivity contribution in [3.63, 3.8) is 0 Å². The van der Waals surface area contributed by atoms with Gasteiger partial charge in [-0.3, -0.25) is 0 Å². The third-order valence-corrected chi connectivity index (χ3v) is 1.03. The Morgan fingerprint density at radius 3 is 2.40 bits per heavy atom. The highest BCUT2D eigenvalue weighted by molar-refractivity contribution is 5.92. The third kappa shape index (κ3) is 1.75. The van der Waals surface area contributed by atoms with Crippen LogP contribution in [-0.2, 0) is 4.79 Å². The van der Waals surface area contributed by atoms with Crippen LogP contribution in [0, 0.1) is 11.3 Å². The molecule has 0 aromatic heterocycles. The molecule has 52 valence electrons. The maximum Gasteiger partial charge on any atom is 0.346 e. The summed E-state index contributed by atoms with van der Waals surface area (Å²) in [5.41, 5.74) is 0.130. The quantitative estimate of drug-likeness (QED) is 0.352. The zero-order chi connectivity index (χ0) is 8.15. The number of rotatable bonds is 2. The Bertz CT molecular complexity index is 232. The summed E-state index contributed by atoms with van der Waals surface area (Å²) < 4.78 is 0. The molecule has 3 heteroatoms. The van der Waals surface area contributed by atoms with Gasteiger partial charge in [-0.05, 0) is 12.5 Å². The second-order valence-electron chi connectivity index (χ2n) is 1.68. The second-order valence-corrected chi connectivity index (χ2v) is 1.68. The summed E-state index contributed by atoms with van der Waals surface area (Å²) in [6, 6.07) is 1.56. The van der Waals surface area contributed by atoms with Crippen molar-refractivity contribution in [1.82, 2.24) is 0 Å². The number of hydrogen-bond acceptors (Lipinski definition) is 2. The third-order valence-electron chi connectivity index (χ3n) is 1.03. The highest BCUT2D eigenvalue weighted by atomic mass is 16.4. The van der Waals surface area contributed by atoms with Crippen LogP contribution < -0.4 is 0 Å². The summed E-state index contributed by atoms with van der Waals surface area (Å²) in [5, 5.41) is 16.6. The van der Waals surface area contributed by atoms with E-state index < -0.39 is 5.97 Å². The van der Waals surface area contributed by atoms with Crippen LogP contribution in [0.5, 0.6) is 0 Å². The number of allylic oxidation sites excluding steroid dienone is 2. The summed E-state index contributed by atoms with van der Waals surface area (Å²) >= 11 is 0. The van der Waals surface area contributed by atoms with E-state index in [0.29, 0.717) is 5.57 Å². The highest BCUT2D eigenvalue weighted by Gasteiger charge is 2.06. The monoisotopic (exact) mass is 137 g/mol. The van der Waals surface area contributed by atoms with Gasteiger partial charge in [0.25, 0.3) is 0 Å². The fourth-order valence-electron chi connectivity index (χ4n) is 0.407. The molecule has 0 bridgehead atoms. The van der Waals surface area contributed by atoms with Gasteiger partial charge in [-0.15, -0.1) is 0 Å². The van der Waals surface area contributed by atoms with E-state index in [1.54, 1.807) is 6.07 Å². The maximum absolute atomic E-state index is 10.2. The number of aliphatic carboxylic acids is 1. The van der Waals surface area contributed by atoms with Crippen molar-refractivity contribution in [3.05, 3.63) is 23.8 Å². The van der Waals surface area contributed by atoms with Crippen molar-refractivity contribution in [2.24, 2.45) is 0 Å². The molecule has 0 saturated carbocycles. The van der Waals surface area contributed by atoms with E-state index in [1.165, 1.54) is 13.0 Å². The Morgan fingerprint density at radius 2 is 2.30 bits per heavy atom. The molecule has 10 heavy (non-hydrogen) atoms.